The van der Waals surface area contributed by atoms with E-state index in [-0.39, 0.29) is 0 Å². The van der Waals surface area contributed by atoms with Crippen LogP contribution in [0.2, 0.25) is 0 Å². The van der Waals surface area contributed by atoms with E-state index in [0.29, 0.717) is 24.4 Å². The summed E-state index contributed by atoms with van der Waals surface area (Å²) in [7, 11) is 1.89. The van der Waals surface area contributed by atoms with E-state index in [9.17, 15) is 4.79 Å². The van der Waals surface area contributed by atoms with Crippen molar-refractivity contribution in [3.63, 3.8) is 0 Å². The molecule has 1 amide bonds. The largest absolute Gasteiger partial charge is 0.337 e. The average molecular weight is 212 g/mol. The van der Waals surface area contributed by atoms with Crippen LogP contribution < -0.4 is 5.32 Å². The van der Waals surface area contributed by atoms with Gasteiger partial charge in [-0.15, -0.1) is 0 Å². The minimum atomic E-state index is 0.311. The first kappa shape index (κ1) is 12.5. The van der Waals surface area contributed by atoms with E-state index in [2.05, 4.69) is 24.1 Å². The molecule has 0 saturated heterocycles. The number of rotatable bonds is 5. The van der Waals surface area contributed by atoms with Crippen LogP contribution in [-0.4, -0.2) is 36.5 Å². The van der Waals surface area contributed by atoms with Gasteiger partial charge in [0.05, 0.1) is 0 Å². The Bertz CT molecular complexity index is 198. The van der Waals surface area contributed by atoms with Gasteiger partial charge in [0.1, 0.15) is 0 Å². The van der Waals surface area contributed by atoms with Crippen LogP contribution >= 0.6 is 0 Å². The van der Waals surface area contributed by atoms with Gasteiger partial charge in [-0.05, 0) is 33.7 Å². The Morgan fingerprint density at radius 3 is 2.47 bits per heavy atom. The van der Waals surface area contributed by atoms with Crippen molar-refractivity contribution in [1.82, 2.24) is 10.2 Å². The van der Waals surface area contributed by atoms with Crippen LogP contribution in [0.1, 0.15) is 46.0 Å². The maximum Gasteiger partial charge on any atom is 0.224 e. The monoisotopic (exact) mass is 212 g/mol. The number of carbonyl (C=O) groups is 1. The molecule has 0 aliphatic heterocycles. The zero-order valence-electron chi connectivity index (χ0n) is 10.3. The number of nitrogens with one attached hydrogen (secondary N) is 1. The van der Waals surface area contributed by atoms with E-state index in [1.54, 1.807) is 0 Å². The fourth-order valence-corrected chi connectivity index (χ4v) is 2.46. The number of nitrogens with zero attached hydrogens (tertiary/aromatic N) is 1. The standard InChI is InChI=1S/C12H24N2O/c1-10(2)14(11-6-4-5-7-11)12(15)8-9-13-3/h10-11,13H,4-9H2,1-3H3. The van der Waals surface area contributed by atoms with Crippen molar-refractivity contribution in [3.8, 4) is 0 Å². The van der Waals surface area contributed by atoms with E-state index in [4.69, 9.17) is 0 Å². The molecule has 0 atom stereocenters. The van der Waals surface area contributed by atoms with Crippen LogP contribution in [-0.2, 0) is 4.79 Å². The SMILES string of the molecule is CNCCC(=O)N(C(C)C)C1CCCC1. The molecule has 1 aliphatic rings. The molecule has 0 unspecified atom stereocenters. The third-order valence-electron chi connectivity index (χ3n) is 3.15. The molecule has 1 N–H and O–H groups in total. The van der Waals surface area contributed by atoms with Crippen LogP contribution in [0.3, 0.4) is 0 Å². The first-order valence-corrected chi connectivity index (χ1v) is 6.12. The van der Waals surface area contributed by atoms with E-state index in [1.807, 2.05) is 7.05 Å². The van der Waals surface area contributed by atoms with Gasteiger partial charge in [-0.3, -0.25) is 4.79 Å². The summed E-state index contributed by atoms with van der Waals surface area (Å²) in [6.07, 6.45) is 5.60. The van der Waals surface area contributed by atoms with E-state index in [0.717, 1.165) is 6.54 Å². The molecule has 1 rings (SSSR count). The van der Waals surface area contributed by atoms with Crippen LogP contribution in [0.4, 0.5) is 0 Å². The fraction of sp³-hybridized carbons (Fsp3) is 0.917. The molecule has 15 heavy (non-hydrogen) atoms. The molecule has 0 bridgehead atoms. The second-order valence-electron chi connectivity index (χ2n) is 4.69. The fourth-order valence-electron chi connectivity index (χ4n) is 2.46. The van der Waals surface area contributed by atoms with Gasteiger partial charge in [0.25, 0.3) is 0 Å². The lowest BCUT2D eigenvalue weighted by Gasteiger charge is -2.33. The molecular formula is C12H24N2O. The smallest absolute Gasteiger partial charge is 0.224 e. The van der Waals surface area contributed by atoms with Crippen LogP contribution in [0.5, 0.6) is 0 Å². The molecule has 0 radical (unpaired) electrons. The second kappa shape index (κ2) is 6.11. The Hall–Kier alpha value is -0.570. The van der Waals surface area contributed by atoms with Crippen molar-refractivity contribution in [3.05, 3.63) is 0 Å². The highest BCUT2D eigenvalue weighted by Crippen LogP contribution is 2.25. The Morgan fingerprint density at radius 2 is 2.00 bits per heavy atom. The van der Waals surface area contributed by atoms with E-state index >= 15 is 0 Å². The molecular weight excluding hydrogens is 188 g/mol. The first-order chi connectivity index (χ1) is 7.16. The lowest BCUT2D eigenvalue weighted by molar-refractivity contribution is -0.135. The summed E-state index contributed by atoms with van der Waals surface area (Å²) in [5, 5.41) is 3.04. The molecule has 0 spiro atoms. The van der Waals surface area contributed by atoms with Crippen LogP contribution in [0, 0.1) is 0 Å². The highest BCUT2D eigenvalue weighted by Gasteiger charge is 2.27. The topological polar surface area (TPSA) is 32.3 Å². The Labute approximate surface area is 93.2 Å². The maximum atomic E-state index is 12.0. The predicted molar refractivity (Wildman–Crippen MR) is 62.8 cm³/mol. The Morgan fingerprint density at radius 1 is 1.40 bits per heavy atom. The van der Waals surface area contributed by atoms with Crippen molar-refractivity contribution < 1.29 is 4.79 Å². The number of hydrogen-bond donors (Lipinski definition) is 1. The summed E-state index contributed by atoms with van der Waals surface area (Å²) in [5.41, 5.74) is 0. The van der Waals surface area contributed by atoms with Crippen molar-refractivity contribution in [2.45, 2.75) is 58.0 Å². The summed E-state index contributed by atoms with van der Waals surface area (Å²) in [6.45, 7) is 5.03. The molecule has 1 saturated carbocycles. The Kier molecular flexibility index (Phi) is 5.09. The third kappa shape index (κ3) is 3.49. The minimum Gasteiger partial charge on any atom is -0.337 e. The molecule has 0 aromatic carbocycles. The lowest BCUT2D eigenvalue weighted by atomic mass is 10.1. The average Bonchev–Trinajstić information content (AvgIpc) is 2.67. The molecule has 0 aromatic rings. The van der Waals surface area contributed by atoms with E-state index < -0.39 is 0 Å². The van der Waals surface area contributed by atoms with Gasteiger partial charge in [0.15, 0.2) is 0 Å². The zero-order valence-corrected chi connectivity index (χ0v) is 10.3. The Balaban J connectivity index is 2.52. The van der Waals surface area contributed by atoms with Crippen molar-refractivity contribution >= 4 is 5.91 Å². The molecule has 88 valence electrons. The number of carbonyl (C=O) groups excluding carboxylic acids is 1. The van der Waals surface area contributed by atoms with Crippen LogP contribution in [0.25, 0.3) is 0 Å². The van der Waals surface area contributed by atoms with Gasteiger partial charge in [-0.2, -0.15) is 0 Å². The van der Waals surface area contributed by atoms with Gasteiger partial charge in [-0.25, -0.2) is 0 Å². The van der Waals surface area contributed by atoms with Crippen molar-refractivity contribution in [1.29, 1.82) is 0 Å². The lowest BCUT2D eigenvalue weighted by Crippen LogP contribution is -2.44. The first-order valence-electron chi connectivity index (χ1n) is 6.12. The number of hydrogen-bond acceptors (Lipinski definition) is 2. The van der Waals surface area contributed by atoms with Gasteiger partial charge >= 0.3 is 0 Å². The molecule has 3 nitrogen and oxygen atoms in total. The van der Waals surface area contributed by atoms with Gasteiger partial charge in [-0.1, -0.05) is 12.8 Å². The van der Waals surface area contributed by atoms with Gasteiger partial charge in [0, 0.05) is 25.0 Å². The maximum absolute atomic E-state index is 12.0. The highest BCUT2D eigenvalue weighted by molar-refractivity contribution is 5.77. The normalized spacial score (nSPS) is 17.3. The summed E-state index contributed by atoms with van der Waals surface area (Å²) in [4.78, 5) is 14.1. The minimum absolute atomic E-state index is 0.311. The molecule has 0 heterocycles. The quantitative estimate of drug-likeness (QED) is 0.753. The van der Waals surface area contributed by atoms with Crippen molar-refractivity contribution in [2.24, 2.45) is 0 Å². The van der Waals surface area contributed by atoms with Gasteiger partial charge in [0.2, 0.25) is 5.91 Å². The third-order valence-corrected chi connectivity index (χ3v) is 3.15. The summed E-state index contributed by atoms with van der Waals surface area (Å²) in [6, 6.07) is 0.854. The number of amides is 1. The highest BCUT2D eigenvalue weighted by atomic mass is 16.2. The summed E-state index contributed by atoms with van der Waals surface area (Å²) >= 11 is 0. The molecule has 1 fully saturated rings. The zero-order chi connectivity index (χ0) is 11.3. The molecule has 1 aliphatic carbocycles. The molecule has 0 aromatic heterocycles. The summed E-state index contributed by atoms with van der Waals surface area (Å²) in [5.74, 6) is 0.311. The summed E-state index contributed by atoms with van der Waals surface area (Å²) < 4.78 is 0. The van der Waals surface area contributed by atoms with Crippen LogP contribution in [0.15, 0.2) is 0 Å². The second-order valence-corrected chi connectivity index (χ2v) is 4.69. The predicted octanol–water partition coefficient (Wildman–Crippen LogP) is 1.78. The van der Waals surface area contributed by atoms with Crippen molar-refractivity contribution in [2.75, 3.05) is 13.6 Å². The van der Waals surface area contributed by atoms with Gasteiger partial charge < -0.3 is 10.2 Å². The van der Waals surface area contributed by atoms with E-state index in [1.165, 1.54) is 25.7 Å². The molecule has 3 heteroatoms.